The molecule has 0 aromatic heterocycles. The highest BCUT2D eigenvalue weighted by Crippen LogP contribution is 2.24. The van der Waals surface area contributed by atoms with Crippen molar-refractivity contribution < 1.29 is 19.1 Å². The van der Waals surface area contributed by atoms with Crippen LogP contribution in [-0.4, -0.2) is 25.1 Å². The maximum absolute atomic E-state index is 11.7. The van der Waals surface area contributed by atoms with Crippen molar-refractivity contribution in [2.45, 2.75) is 0 Å². The Bertz CT molecular complexity index is 735. The van der Waals surface area contributed by atoms with Crippen molar-refractivity contribution >= 4 is 52.4 Å². The number of nitrogens with one attached hydrogen (secondary N) is 1. The number of carbonyl (C=O) groups is 2. The fourth-order valence-electron chi connectivity index (χ4n) is 1.63. The summed E-state index contributed by atoms with van der Waals surface area (Å²) in [6.45, 7) is -0.759. The molecule has 8 heteroatoms. The van der Waals surface area contributed by atoms with Gasteiger partial charge in [0.2, 0.25) is 0 Å². The van der Waals surface area contributed by atoms with Gasteiger partial charge in [0.15, 0.2) is 13.2 Å². The van der Waals surface area contributed by atoms with Gasteiger partial charge in [0.05, 0.1) is 10.0 Å². The van der Waals surface area contributed by atoms with Gasteiger partial charge in [-0.15, -0.1) is 0 Å². The van der Waals surface area contributed by atoms with Crippen LogP contribution in [0.4, 0.5) is 5.69 Å². The summed E-state index contributed by atoms with van der Waals surface area (Å²) in [7, 11) is 0. The number of rotatable bonds is 6. The van der Waals surface area contributed by atoms with Gasteiger partial charge < -0.3 is 14.8 Å². The minimum absolute atomic E-state index is 0.308. The molecule has 0 saturated carbocycles. The molecule has 0 bridgehead atoms. The quantitative estimate of drug-likeness (QED) is 0.753. The molecule has 0 heterocycles. The predicted octanol–water partition coefficient (Wildman–Crippen LogP) is 4.21. The summed E-state index contributed by atoms with van der Waals surface area (Å²) in [5, 5.41) is 3.77. The molecule has 0 aliphatic rings. The van der Waals surface area contributed by atoms with Crippen LogP contribution in [0.25, 0.3) is 0 Å². The van der Waals surface area contributed by atoms with E-state index in [1.807, 2.05) is 0 Å². The number of ether oxygens (including phenoxy) is 2. The molecule has 24 heavy (non-hydrogen) atoms. The van der Waals surface area contributed by atoms with E-state index in [0.29, 0.717) is 26.5 Å². The second-order valence-electron chi connectivity index (χ2n) is 4.58. The van der Waals surface area contributed by atoms with E-state index >= 15 is 0 Å². The first-order chi connectivity index (χ1) is 11.4. The highest BCUT2D eigenvalue weighted by atomic mass is 35.5. The zero-order chi connectivity index (χ0) is 17.5. The fraction of sp³-hybridized carbons (Fsp3) is 0.125. The van der Waals surface area contributed by atoms with Crippen LogP contribution in [-0.2, 0) is 14.3 Å². The number of halogens is 3. The lowest BCUT2D eigenvalue weighted by molar-refractivity contribution is -0.149. The third kappa shape index (κ3) is 5.92. The number of anilines is 1. The lowest BCUT2D eigenvalue weighted by Crippen LogP contribution is -2.23. The number of amides is 1. The number of hydrogen-bond acceptors (Lipinski definition) is 4. The molecule has 0 radical (unpaired) electrons. The van der Waals surface area contributed by atoms with Crippen LogP contribution in [0.3, 0.4) is 0 Å². The fourth-order valence-corrected chi connectivity index (χ4v) is 2.06. The van der Waals surface area contributed by atoms with Crippen molar-refractivity contribution in [3.8, 4) is 5.75 Å². The number of esters is 1. The molecule has 126 valence electrons. The number of benzene rings is 2. The zero-order valence-corrected chi connectivity index (χ0v) is 14.5. The van der Waals surface area contributed by atoms with Crippen LogP contribution >= 0.6 is 34.8 Å². The van der Waals surface area contributed by atoms with Gasteiger partial charge in [-0.3, -0.25) is 4.79 Å². The van der Waals surface area contributed by atoms with Crippen molar-refractivity contribution in [3.05, 3.63) is 57.5 Å². The number of hydrogen-bond donors (Lipinski definition) is 1. The molecule has 1 N–H and O–H groups in total. The molecular weight excluding hydrogens is 377 g/mol. The Labute approximate surface area is 153 Å². The molecule has 0 aliphatic heterocycles. The summed E-state index contributed by atoms with van der Waals surface area (Å²) in [6.07, 6.45) is 0. The summed E-state index contributed by atoms with van der Waals surface area (Å²) >= 11 is 17.4. The van der Waals surface area contributed by atoms with E-state index in [1.54, 1.807) is 36.4 Å². The van der Waals surface area contributed by atoms with E-state index < -0.39 is 18.5 Å². The Balaban J connectivity index is 1.73. The standard InChI is InChI=1S/C16H12Cl3NO4/c17-10-1-4-12(5-2-10)23-9-16(22)24-8-15(21)20-11-3-6-13(18)14(19)7-11/h1-7H,8-9H2,(H,20,21). The second-order valence-corrected chi connectivity index (χ2v) is 5.83. The van der Waals surface area contributed by atoms with E-state index in [9.17, 15) is 9.59 Å². The summed E-state index contributed by atoms with van der Waals surface area (Å²) in [4.78, 5) is 23.3. The Hall–Kier alpha value is -1.95. The van der Waals surface area contributed by atoms with Gasteiger partial charge >= 0.3 is 5.97 Å². The lowest BCUT2D eigenvalue weighted by atomic mass is 10.3. The van der Waals surface area contributed by atoms with E-state index in [-0.39, 0.29) is 6.61 Å². The highest BCUT2D eigenvalue weighted by Gasteiger charge is 2.09. The van der Waals surface area contributed by atoms with Crippen LogP contribution in [0.15, 0.2) is 42.5 Å². The minimum Gasteiger partial charge on any atom is -0.482 e. The summed E-state index contributed by atoms with van der Waals surface area (Å²) < 4.78 is 10.0. The van der Waals surface area contributed by atoms with Gasteiger partial charge in [-0.05, 0) is 42.5 Å². The third-order valence-electron chi connectivity index (χ3n) is 2.74. The van der Waals surface area contributed by atoms with Gasteiger partial charge in [0.25, 0.3) is 5.91 Å². The zero-order valence-electron chi connectivity index (χ0n) is 12.2. The first kappa shape index (κ1) is 18.4. The summed E-state index contributed by atoms with van der Waals surface area (Å²) in [6, 6.07) is 11.1. The maximum Gasteiger partial charge on any atom is 0.344 e. The van der Waals surface area contributed by atoms with Crippen molar-refractivity contribution in [2.75, 3.05) is 18.5 Å². The normalized spacial score (nSPS) is 10.1. The number of carbonyl (C=O) groups excluding carboxylic acids is 2. The van der Waals surface area contributed by atoms with E-state index in [1.165, 1.54) is 6.07 Å². The second kappa shape index (κ2) is 8.78. The van der Waals surface area contributed by atoms with E-state index in [2.05, 4.69) is 5.32 Å². The molecule has 2 rings (SSSR count). The molecule has 0 aliphatic carbocycles. The van der Waals surface area contributed by atoms with E-state index in [0.717, 1.165) is 0 Å². The SMILES string of the molecule is O=C(COC(=O)COc1ccc(Cl)cc1)Nc1ccc(Cl)c(Cl)c1. The lowest BCUT2D eigenvalue weighted by Gasteiger charge is -2.08. The topological polar surface area (TPSA) is 64.6 Å². The van der Waals surface area contributed by atoms with Gasteiger partial charge in [0.1, 0.15) is 5.75 Å². The summed E-state index contributed by atoms with van der Waals surface area (Å²) in [5.41, 5.74) is 0.447. The maximum atomic E-state index is 11.7. The van der Waals surface area contributed by atoms with Crippen LogP contribution in [0.1, 0.15) is 0 Å². The molecule has 2 aromatic rings. The van der Waals surface area contributed by atoms with Gasteiger partial charge in [-0.1, -0.05) is 34.8 Å². The largest absolute Gasteiger partial charge is 0.482 e. The van der Waals surface area contributed by atoms with E-state index in [4.69, 9.17) is 44.3 Å². The van der Waals surface area contributed by atoms with Crippen LogP contribution in [0, 0.1) is 0 Å². The molecule has 0 spiro atoms. The van der Waals surface area contributed by atoms with Gasteiger partial charge in [-0.25, -0.2) is 4.79 Å². The van der Waals surface area contributed by atoms with Crippen molar-refractivity contribution in [1.82, 2.24) is 0 Å². The first-order valence-electron chi connectivity index (χ1n) is 6.73. The Morgan fingerprint density at radius 3 is 2.29 bits per heavy atom. The molecule has 0 atom stereocenters. The first-order valence-corrected chi connectivity index (χ1v) is 7.86. The van der Waals surface area contributed by atoms with Gasteiger partial charge in [0, 0.05) is 10.7 Å². The molecule has 2 aromatic carbocycles. The molecule has 0 unspecified atom stereocenters. The molecular formula is C16H12Cl3NO4. The highest BCUT2D eigenvalue weighted by molar-refractivity contribution is 6.42. The van der Waals surface area contributed by atoms with Crippen molar-refractivity contribution in [1.29, 1.82) is 0 Å². The van der Waals surface area contributed by atoms with Crippen molar-refractivity contribution in [3.63, 3.8) is 0 Å². The Kier molecular flexibility index (Phi) is 6.73. The molecule has 1 amide bonds. The van der Waals surface area contributed by atoms with Crippen molar-refractivity contribution in [2.24, 2.45) is 0 Å². The average molecular weight is 389 g/mol. The molecule has 0 saturated heterocycles. The third-order valence-corrected chi connectivity index (χ3v) is 3.73. The van der Waals surface area contributed by atoms with Crippen LogP contribution < -0.4 is 10.1 Å². The average Bonchev–Trinajstić information content (AvgIpc) is 2.56. The smallest absolute Gasteiger partial charge is 0.344 e. The summed E-state index contributed by atoms with van der Waals surface area (Å²) in [5.74, 6) is -0.709. The van der Waals surface area contributed by atoms with Gasteiger partial charge in [-0.2, -0.15) is 0 Å². The minimum atomic E-state index is -0.672. The molecule has 0 fully saturated rings. The monoisotopic (exact) mass is 387 g/mol. The predicted molar refractivity (Wildman–Crippen MR) is 93.0 cm³/mol. The van der Waals surface area contributed by atoms with Crippen LogP contribution in [0.5, 0.6) is 5.75 Å². The Morgan fingerprint density at radius 1 is 0.917 bits per heavy atom. The Morgan fingerprint density at radius 2 is 1.62 bits per heavy atom. The van der Waals surface area contributed by atoms with Crippen LogP contribution in [0.2, 0.25) is 15.1 Å². The molecule has 5 nitrogen and oxygen atoms in total.